The Morgan fingerprint density at radius 3 is 2.35 bits per heavy atom. The molecule has 2 heterocycles. The van der Waals surface area contributed by atoms with E-state index in [4.69, 9.17) is 0 Å². The van der Waals surface area contributed by atoms with E-state index in [0.717, 1.165) is 44.1 Å². The largest absolute Gasteiger partial charge is 0.373 e. The normalized spacial score (nSPS) is 20.4. The van der Waals surface area contributed by atoms with Crippen molar-refractivity contribution in [3.05, 3.63) is 11.8 Å². The van der Waals surface area contributed by atoms with Gasteiger partial charge < -0.3 is 10.6 Å². The Hall–Kier alpha value is -1.32. The van der Waals surface area contributed by atoms with Crippen LogP contribution in [0.25, 0.3) is 0 Å². The third-order valence-electron chi connectivity index (χ3n) is 3.77. The molecule has 0 aromatic carbocycles. The molecule has 2 aliphatic rings. The van der Waals surface area contributed by atoms with Gasteiger partial charge in [-0.2, -0.15) is 0 Å². The summed E-state index contributed by atoms with van der Waals surface area (Å²) >= 11 is 0. The summed E-state index contributed by atoms with van der Waals surface area (Å²) in [4.78, 5) is 9.33. The predicted octanol–water partition coefficient (Wildman–Crippen LogP) is 2.73. The molecule has 0 saturated heterocycles. The molecule has 2 rings (SSSR count). The van der Waals surface area contributed by atoms with Crippen molar-refractivity contribution in [1.29, 1.82) is 0 Å². The van der Waals surface area contributed by atoms with Gasteiger partial charge in [-0.05, 0) is 18.4 Å². The molecule has 0 unspecified atom stereocenters. The average Bonchev–Trinajstić information content (AvgIpc) is 2.39. The van der Waals surface area contributed by atoms with Gasteiger partial charge in [0, 0.05) is 30.1 Å². The van der Waals surface area contributed by atoms with Crippen LogP contribution in [0.4, 0.5) is 0 Å². The molecule has 20 heavy (non-hydrogen) atoms. The molecule has 0 radical (unpaired) electrons. The van der Waals surface area contributed by atoms with E-state index in [0.29, 0.717) is 0 Å². The molecular formula is C16H28N4. The first kappa shape index (κ1) is 15.1. The molecule has 0 spiro atoms. The summed E-state index contributed by atoms with van der Waals surface area (Å²) in [6, 6.07) is 0. The van der Waals surface area contributed by atoms with Gasteiger partial charge in [-0.3, -0.25) is 9.98 Å². The van der Waals surface area contributed by atoms with E-state index in [1.807, 2.05) is 0 Å². The zero-order chi connectivity index (χ0) is 14.8. The average molecular weight is 276 g/mol. The number of hydrogen-bond donors (Lipinski definition) is 2. The van der Waals surface area contributed by atoms with E-state index in [-0.39, 0.29) is 10.8 Å². The summed E-state index contributed by atoms with van der Waals surface area (Å²) < 4.78 is 0. The molecule has 0 aromatic rings. The topological polar surface area (TPSA) is 48.8 Å². The third-order valence-corrected chi connectivity index (χ3v) is 3.77. The molecule has 0 fully saturated rings. The van der Waals surface area contributed by atoms with Crippen LogP contribution < -0.4 is 10.6 Å². The first-order chi connectivity index (χ1) is 9.29. The lowest BCUT2D eigenvalue weighted by molar-refractivity contribution is 0.479. The van der Waals surface area contributed by atoms with Gasteiger partial charge in [0.1, 0.15) is 11.7 Å². The highest BCUT2D eigenvalue weighted by Gasteiger charge is 2.29. The quantitative estimate of drug-likeness (QED) is 0.832. The number of aliphatic imine (C=N–C) groups is 2. The lowest BCUT2D eigenvalue weighted by Gasteiger charge is -2.32. The van der Waals surface area contributed by atoms with Crippen LogP contribution >= 0.6 is 0 Å². The van der Waals surface area contributed by atoms with Crippen LogP contribution in [0.3, 0.4) is 0 Å². The van der Waals surface area contributed by atoms with Crippen LogP contribution in [0.2, 0.25) is 0 Å². The molecule has 4 heteroatoms. The fourth-order valence-electron chi connectivity index (χ4n) is 2.64. The summed E-state index contributed by atoms with van der Waals surface area (Å²) in [7, 11) is 0. The molecule has 0 aromatic heterocycles. The van der Waals surface area contributed by atoms with Crippen molar-refractivity contribution in [3.63, 3.8) is 0 Å². The Balaban J connectivity index is 1.98. The van der Waals surface area contributed by atoms with E-state index >= 15 is 0 Å². The standard InChI is InChI=1S/C16H28N4/c1-15(2,3)13-19-10-12(11-20-13)9-16(4,5)14-17-7-6-8-18-14/h10H,6-9,11H2,1-5H3,(H,17,18)(H,19,20). The highest BCUT2D eigenvalue weighted by molar-refractivity contribution is 5.89. The second-order valence-electron chi connectivity index (χ2n) is 7.43. The molecule has 2 aliphatic heterocycles. The van der Waals surface area contributed by atoms with Crippen LogP contribution in [0, 0.1) is 10.8 Å². The predicted molar refractivity (Wildman–Crippen MR) is 86.3 cm³/mol. The molecule has 0 aliphatic carbocycles. The van der Waals surface area contributed by atoms with Gasteiger partial charge in [-0.25, -0.2) is 0 Å². The number of nitrogens with one attached hydrogen (secondary N) is 2. The maximum Gasteiger partial charge on any atom is 0.106 e. The Labute approximate surface area is 122 Å². The van der Waals surface area contributed by atoms with Crippen LogP contribution in [-0.4, -0.2) is 31.3 Å². The van der Waals surface area contributed by atoms with Crippen molar-refractivity contribution in [2.45, 2.75) is 47.5 Å². The minimum absolute atomic E-state index is 0.0582. The van der Waals surface area contributed by atoms with Gasteiger partial charge in [-0.15, -0.1) is 0 Å². The van der Waals surface area contributed by atoms with Gasteiger partial charge in [-0.1, -0.05) is 34.6 Å². The zero-order valence-electron chi connectivity index (χ0n) is 13.5. The van der Waals surface area contributed by atoms with Crippen molar-refractivity contribution < 1.29 is 0 Å². The van der Waals surface area contributed by atoms with E-state index in [1.54, 1.807) is 0 Å². The van der Waals surface area contributed by atoms with Gasteiger partial charge in [0.05, 0.1) is 6.54 Å². The minimum Gasteiger partial charge on any atom is -0.373 e. The summed E-state index contributed by atoms with van der Waals surface area (Å²) in [5.74, 6) is 2.22. The first-order valence-electron chi connectivity index (χ1n) is 7.57. The molecule has 112 valence electrons. The number of rotatable bonds is 3. The molecule has 0 saturated carbocycles. The Morgan fingerprint density at radius 2 is 1.85 bits per heavy atom. The molecule has 0 bridgehead atoms. The molecule has 0 amide bonds. The third kappa shape index (κ3) is 3.62. The summed E-state index contributed by atoms with van der Waals surface area (Å²) in [6.45, 7) is 13.9. The SMILES string of the molecule is CC(C)(C)C1=NCC(CC(C)(C)C2=NCCCN2)=CN1. The monoisotopic (exact) mass is 276 g/mol. The van der Waals surface area contributed by atoms with Gasteiger partial charge in [0.2, 0.25) is 0 Å². The van der Waals surface area contributed by atoms with Crippen LogP contribution in [0.1, 0.15) is 47.5 Å². The van der Waals surface area contributed by atoms with E-state index in [2.05, 4.69) is 61.4 Å². The molecule has 0 atom stereocenters. The lowest BCUT2D eigenvalue weighted by atomic mass is 9.83. The molecular weight excluding hydrogens is 248 g/mol. The Morgan fingerprint density at radius 1 is 1.10 bits per heavy atom. The van der Waals surface area contributed by atoms with E-state index in [1.165, 1.54) is 5.57 Å². The first-order valence-corrected chi connectivity index (χ1v) is 7.57. The summed E-state index contributed by atoms with van der Waals surface area (Å²) in [5, 5.41) is 6.81. The highest BCUT2D eigenvalue weighted by Crippen LogP contribution is 2.28. The molecule has 4 nitrogen and oxygen atoms in total. The minimum atomic E-state index is 0.0582. The fourth-order valence-corrected chi connectivity index (χ4v) is 2.64. The van der Waals surface area contributed by atoms with Crippen molar-refractivity contribution in [3.8, 4) is 0 Å². The van der Waals surface area contributed by atoms with Gasteiger partial charge >= 0.3 is 0 Å². The van der Waals surface area contributed by atoms with Crippen molar-refractivity contribution >= 4 is 11.7 Å². The molecule has 2 N–H and O–H groups in total. The van der Waals surface area contributed by atoms with Gasteiger partial charge in [0.25, 0.3) is 0 Å². The summed E-state index contributed by atoms with van der Waals surface area (Å²) in [6.07, 6.45) is 4.27. The van der Waals surface area contributed by atoms with Crippen LogP contribution in [0.5, 0.6) is 0 Å². The Bertz CT molecular complexity index is 450. The maximum absolute atomic E-state index is 4.69. The zero-order valence-corrected chi connectivity index (χ0v) is 13.5. The summed E-state index contributed by atoms with van der Waals surface area (Å²) in [5.41, 5.74) is 1.49. The number of nitrogens with zero attached hydrogens (tertiary/aromatic N) is 2. The Kier molecular flexibility index (Phi) is 4.21. The second-order valence-corrected chi connectivity index (χ2v) is 7.43. The number of amidine groups is 2. The fraction of sp³-hybridized carbons (Fsp3) is 0.750. The van der Waals surface area contributed by atoms with Crippen molar-refractivity contribution in [2.24, 2.45) is 20.8 Å². The highest BCUT2D eigenvalue weighted by atomic mass is 15.0. The number of hydrogen-bond acceptors (Lipinski definition) is 4. The van der Waals surface area contributed by atoms with Crippen LogP contribution in [0.15, 0.2) is 21.8 Å². The van der Waals surface area contributed by atoms with Crippen molar-refractivity contribution in [1.82, 2.24) is 10.6 Å². The van der Waals surface area contributed by atoms with Gasteiger partial charge in [0.15, 0.2) is 0 Å². The lowest BCUT2D eigenvalue weighted by Crippen LogP contribution is -2.41. The van der Waals surface area contributed by atoms with E-state index < -0.39 is 0 Å². The van der Waals surface area contributed by atoms with Crippen molar-refractivity contribution in [2.75, 3.05) is 19.6 Å². The van der Waals surface area contributed by atoms with E-state index in [9.17, 15) is 0 Å². The maximum atomic E-state index is 4.69. The smallest absolute Gasteiger partial charge is 0.106 e. The van der Waals surface area contributed by atoms with Crippen LogP contribution in [-0.2, 0) is 0 Å². The second kappa shape index (κ2) is 5.58.